The third kappa shape index (κ3) is 7.85. The van der Waals surface area contributed by atoms with E-state index in [1.807, 2.05) is 44.2 Å². The number of hydrogen-bond donors (Lipinski definition) is 1. The molecule has 1 heterocycles. The second-order valence-corrected chi connectivity index (χ2v) is 10.9. The summed E-state index contributed by atoms with van der Waals surface area (Å²) in [5.41, 5.74) is 1.37. The summed E-state index contributed by atoms with van der Waals surface area (Å²) in [6.45, 7) is 5.65. The summed E-state index contributed by atoms with van der Waals surface area (Å²) in [7, 11) is -3.61. The zero-order chi connectivity index (χ0) is 26.8. The number of hydrogen-bond acceptors (Lipinski definition) is 6. The smallest absolute Gasteiger partial charge is 0.242 e. The highest BCUT2D eigenvalue weighted by Crippen LogP contribution is 2.34. The van der Waals surface area contributed by atoms with E-state index in [4.69, 9.17) is 9.47 Å². The Morgan fingerprint density at radius 3 is 2.38 bits per heavy atom. The van der Waals surface area contributed by atoms with Gasteiger partial charge in [-0.3, -0.25) is 13.9 Å². The first kappa shape index (κ1) is 28.3. The lowest BCUT2D eigenvalue weighted by Crippen LogP contribution is -2.49. The molecule has 0 bridgehead atoms. The van der Waals surface area contributed by atoms with Crippen molar-refractivity contribution in [1.29, 1.82) is 0 Å². The summed E-state index contributed by atoms with van der Waals surface area (Å²) in [6.07, 6.45) is 2.80. The van der Waals surface area contributed by atoms with Gasteiger partial charge in [-0.1, -0.05) is 44.2 Å². The lowest BCUT2D eigenvalue weighted by molar-refractivity contribution is -0.141. The van der Waals surface area contributed by atoms with Gasteiger partial charge in [0.15, 0.2) is 11.5 Å². The highest BCUT2D eigenvalue weighted by atomic mass is 32.2. The number of benzene rings is 2. The lowest BCUT2D eigenvalue weighted by atomic mass is 10.1. The number of anilines is 1. The van der Waals surface area contributed by atoms with Gasteiger partial charge in [0, 0.05) is 32.1 Å². The highest BCUT2D eigenvalue weighted by molar-refractivity contribution is 7.92. The molecule has 37 heavy (non-hydrogen) atoms. The van der Waals surface area contributed by atoms with Crippen molar-refractivity contribution in [2.45, 2.75) is 52.1 Å². The molecule has 9 nitrogen and oxygen atoms in total. The first-order valence-corrected chi connectivity index (χ1v) is 14.6. The van der Waals surface area contributed by atoms with Gasteiger partial charge < -0.3 is 19.7 Å². The number of ether oxygens (including phenoxy) is 2. The predicted octanol–water partition coefficient (Wildman–Crippen LogP) is 3.34. The van der Waals surface area contributed by atoms with Crippen LogP contribution in [0.25, 0.3) is 0 Å². The molecule has 0 unspecified atom stereocenters. The average molecular weight is 532 g/mol. The molecule has 1 N–H and O–H groups in total. The molecular weight excluding hydrogens is 494 g/mol. The third-order valence-electron chi connectivity index (χ3n) is 6.10. The number of carbonyl (C=O) groups excluding carboxylic acids is 2. The molecule has 2 aromatic rings. The number of amides is 2. The first-order valence-electron chi connectivity index (χ1n) is 12.7. The molecular formula is C27H37N3O6S. The maximum absolute atomic E-state index is 13.4. The van der Waals surface area contributed by atoms with Crippen molar-refractivity contribution in [2.75, 3.05) is 36.9 Å². The molecule has 2 aromatic carbocycles. The Morgan fingerprint density at radius 2 is 1.73 bits per heavy atom. The molecule has 0 spiro atoms. The van der Waals surface area contributed by atoms with Gasteiger partial charge in [0.1, 0.15) is 19.3 Å². The fourth-order valence-electron chi connectivity index (χ4n) is 4.26. The summed E-state index contributed by atoms with van der Waals surface area (Å²) in [5, 5.41) is 2.90. The monoisotopic (exact) mass is 531 g/mol. The van der Waals surface area contributed by atoms with Gasteiger partial charge in [-0.05, 0) is 37.0 Å². The van der Waals surface area contributed by atoms with Crippen LogP contribution < -0.4 is 19.1 Å². The molecule has 0 aromatic heterocycles. The van der Waals surface area contributed by atoms with Crippen molar-refractivity contribution >= 4 is 27.5 Å². The van der Waals surface area contributed by atoms with Crippen molar-refractivity contribution in [3.8, 4) is 11.5 Å². The van der Waals surface area contributed by atoms with Crippen LogP contribution in [0, 0.1) is 0 Å². The lowest BCUT2D eigenvalue weighted by Gasteiger charge is -2.31. The number of rotatable bonds is 13. The zero-order valence-corrected chi connectivity index (χ0v) is 22.6. The van der Waals surface area contributed by atoms with Gasteiger partial charge in [0.25, 0.3) is 0 Å². The van der Waals surface area contributed by atoms with Gasteiger partial charge >= 0.3 is 0 Å². The highest BCUT2D eigenvalue weighted by Gasteiger charge is 2.29. The Balaban J connectivity index is 1.74. The maximum Gasteiger partial charge on any atom is 0.242 e. The van der Waals surface area contributed by atoms with Crippen molar-refractivity contribution in [3.05, 3.63) is 54.1 Å². The molecule has 3 rings (SSSR count). The molecule has 2 amide bonds. The molecule has 0 saturated carbocycles. The fourth-order valence-corrected chi connectivity index (χ4v) is 5.21. The normalized spacial score (nSPS) is 13.5. The van der Waals surface area contributed by atoms with Crippen molar-refractivity contribution in [1.82, 2.24) is 10.2 Å². The summed E-state index contributed by atoms with van der Waals surface area (Å²) in [6, 6.07) is 13.9. The predicted molar refractivity (Wildman–Crippen MR) is 143 cm³/mol. The first-order chi connectivity index (χ1) is 17.7. The standard InChI is InChI=1S/C27H37N3O6S/c1-4-15-28-27(32)23(5-2)29(20-21-10-7-6-8-11-21)26(31)12-9-16-30(37(3,33)34)22-13-14-24-25(19-22)36-18-17-35-24/h6-8,10-11,13-14,19,23H,4-5,9,12,15-18,20H2,1-3H3,(H,28,32)/t23-/m0/s1. The third-order valence-corrected chi connectivity index (χ3v) is 7.29. The molecule has 1 aliphatic heterocycles. The van der Waals surface area contributed by atoms with Gasteiger partial charge in [-0.15, -0.1) is 0 Å². The van der Waals surface area contributed by atoms with Crippen molar-refractivity contribution in [3.63, 3.8) is 0 Å². The van der Waals surface area contributed by atoms with Gasteiger partial charge in [-0.2, -0.15) is 0 Å². The number of nitrogens with one attached hydrogen (secondary N) is 1. The van der Waals surface area contributed by atoms with Crippen LogP contribution >= 0.6 is 0 Å². The number of fused-ring (bicyclic) bond motifs is 1. The van der Waals surface area contributed by atoms with Crippen molar-refractivity contribution in [2.24, 2.45) is 0 Å². The number of nitrogens with zero attached hydrogens (tertiary/aromatic N) is 2. The summed E-state index contributed by atoms with van der Waals surface area (Å²) in [5.74, 6) is 0.689. The Kier molecular flexibility index (Phi) is 10.2. The van der Waals surface area contributed by atoms with E-state index < -0.39 is 16.1 Å². The molecule has 0 fully saturated rings. The molecule has 1 aliphatic rings. The topological polar surface area (TPSA) is 105 Å². The number of carbonyl (C=O) groups is 2. The summed E-state index contributed by atoms with van der Waals surface area (Å²) < 4.78 is 37.6. The van der Waals surface area contributed by atoms with Gasteiger partial charge in [0.2, 0.25) is 21.8 Å². The quantitative estimate of drug-likeness (QED) is 0.425. The minimum absolute atomic E-state index is 0.0982. The molecule has 1 atom stereocenters. The van der Waals surface area contributed by atoms with Crippen LogP contribution in [0.4, 0.5) is 5.69 Å². The van der Waals surface area contributed by atoms with E-state index in [0.717, 1.165) is 18.2 Å². The largest absolute Gasteiger partial charge is 0.486 e. The molecule has 0 saturated heterocycles. The second-order valence-electron chi connectivity index (χ2n) is 8.99. The Hall–Kier alpha value is -3.27. The Bertz CT molecular complexity index is 1160. The van der Waals surface area contributed by atoms with E-state index in [0.29, 0.717) is 56.3 Å². The van der Waals surface area contributed by atoms with E-state index in [9.17, 15) is 18.0 Å². The van der Waals surface area contributed by atoms with Crippen LogP contribution in [0.3, 0.4) is 0 Å². The minimum atomic E-state index is -3.61. The van der Waals surface area contributed by atoms with Gasteiger partial charge in [-0.25, -0.2) is 8.42 Å². The molecule has 202 valence electrons. The maximum atomic E-state index is 13.4. The minimum Gasteiger partial charge on any atom is -0.486 e. The van der Waals surface area contributed by atoms with E-state index in [1.165, 1.54) is 4.31 Å². The Labute approximate surface area is 219 Å². The van der Waals surface area contributed by atoms with Crippen LogP contribution in [0.5, 0.6) is 11.5 Å². The van der Waals surface area contributed by atoms with E-state index in [1.54, 1.807) is 23.1 Å². The number of sulfonamides is 1. The molecule has 0 aliphatic carbocycles. The van der Waals surface area contributed by atoms with E-state index in [-0.39, 0.29) is 24.8 Å². The van der Waals surface area contributed by atoms with Crippen LogP contribution in [-0.4, -0.2) is 63.7 Å². The summed E-state index contributed by atoms with van der Waals surface area (Å²) in [4.78, 5) is 27.9. The molecule has 10 heteroatoms. The van der Waals surface area contributed by atoms with E-state index >= 15 is 0 Å². The van der Waals surface area contributed by atoms with Crippen molar-refractivity contribution < 1.29 is 27.5 Å². The van der Waals surface area contributed by atoms with Crippen LogP contribution in [-0.2, 0) is 26.2 Å². The molecule has 0 radical (unpaired) electrons. The van der Waals surface area contributed by atoms with E-state index in [2.05, 4.69) is 5.32 Å². The van der Waals surface area contributed by atoms with Crippen LogP contribution in [0.2, 0.25) is 0 Å². The SMILES string of the molecule is CCCNC(=O)[C@H](CC)N(Cc1ccccc1)C(=O)CCCN(c1ccc2c(c1)OCCO2)S(C)(=O)=O. The summed E-state index contributed by atoms with van der Waals surface area (Å²) >= 11 is 0. The zero-order valence-electron chi connectivity index (χ0n) is 21.8. The van der Waals surface area contributed by atoms with Gasteiger partial charge in [0.05, 0.1) is 11.9 Å². The average Bonchev–Trinajstić information content (AvgIpc) is 2.89. The fraction of sp³-hybridized carbons (Fsp3) is 0.481. The Morgan fingerprint density at radius 1 is 1.03 bits per heavy atom. The second kappa shape index (κ2) is 13.3. The van der Waals surface area contributed by atoms with Crippen LogP contribution in [0.15, 0.2) is 48.5 Å². The van der Waals surface area contributed by atoms with Crippen LogP contribution in [0.1, 0.15) is 45.1 Å².